The van der Waals surface area contributed by atoms with Crippen LogP contribution in [0.1, 0.15) is 12.0 Å². The van der Waals surface area contributed by atoms with E-state index in [9.17, 15) is 4.79 Å². The summed E-state index contributed by atoms with van der Waals surface area (Å²) >= 11 is 6.01. The summed E-state index contributed by atoms with van der Waals surface area (Å²) < 4.78 is 0. The molecule has 0 aliphatic carbocycles. The van der Waals surface area contributed by atoms with E-state index in [1.165, 1.54) is 0 Å². The van der Waals surface area contributed by atoms with Crippen LogP contribution in [0.5, 0.6) is 0 Å². The zero-order chi connectivity index (χ0) is 11.0. The molecule has 0 bridgehead atoms. The maximum absolute atomic E-state index is 11.6. The first-order valence-electron chi connectivity index (χ1n) is 4.90. The van der Waals surface area contributed by atoms with Gasteiger partial charge in [-0.1, -0.05) is 17.7 Å². The molecular formula is C11H13ClN2O. The number of nitrogens with two attached hydrogens (primary N) is 1. The Morgan fingerprint density at radius 3 is 2.80 bits per heavy atom. The number of nitrogens with zero attached hydrogens (tertiary/aromatic N) is 1. The van der Waals surface area contributed by atoms with Crippen LogP contribution < -0.4 is 10.6 Å². The van der Waals surface area contributed by atoms with E-state index in [0.717, 1.165) is 11.3 Å². The van der Waals surface area contributed by atoms with Gasteiger partial charge < -0.3 is 10.6 Å². The van der Waals surface area contributed by atoms with Crippen molar-refractivity contribution in [2.45, 2.75) is 19.4 Å². The second-order valence-electron chi connectivity index (χ2n) is 3.90. The molecule has 1 aromatic rings. The topological polar surface area (TPSA) is 46.3 Å². The van der Waals surface area contributed by atoms with Crippen molar-refractivity contribution < 1.29 is 4.79 Å². The normalized spacial score (nSPS) is 21.1. The van der Waals surface area contributed by atoms with Crippen molar-refractivity contribution in [1.82, 2.24) is 0 Å². The van der Waals surface area contributed by atoms with Crippen molar-refractivity contribution in [3.05, 3.63) is 28.8 Å². The quantitative estimate of drug-likeness (QED) is 0.790. The highest BCUT2D eigenvalue weighted by molar-refractivity contribution is 6.31. The molecule has 3 nitrogen and oxygen atoms in total. The highest BCUT2D eigenvalue weighted by atomic mass is 35.5. The van der Waals surface area contributed by atoms with Crippen LogP contribution in [-0.4, -0.2) is 18.5 Å². The van der Waals surface area contributed by atoms with E-state index >= 15 is 0 Å². The lowest BCUT2D eigenvalue weighted by Crippen LogP contribution is -2.27. The van der Waals surface area contributed by atoms with Gasteiger partial charge in [0.05, 0.1) is 0 Å². The lowest BCUT2D eigenvalue weighted by Gasteiger charge is -2.16. The molecule has 1 amide bonds. The minimum Gasteiger partial charge on any atom is -0.326 e. The Bertz CT molecular complexity index is 406. The van der Waals surface area contributed by atoms with Crippen LogP contribution in [-0.2, 0) is 4.79 Å². The van der Waals surface area contributed by atoms with E-state index in [1.807, 2.05) is 25.1 Å². The molecule has 0 aromatic heterocycles. The Labute approximate surface area is 93.8 Å². The lowest BCUT2D eigenvalue weighted by atomic mass is 10.2. The number of carbonyl (C=O) groups is 1. The Hall–Kier alpha value is -1.06. The Morgan fingerprint density at radius 1 is 1.53 bits per heavy atom. The van der Waals surface area contributed by atoms with Gasteiger partial charge in [0.2, 0.25) is 5.91 Å². The molecular weight excluding hydrogens is 212 g/mol. The van der Waals surface area contributed by atoms with Crippen molar-refractivity contribution in [2.75, 3.05) is 11.4 Å². The molecule has 1 aliphatic heterocycles. The van der Waals surface area contributed by atoms with Crippen LogP contribution in [0.2, 0.25) is 5.02 Å². The molecule has 4 heteroatoms. The highest BCUT2D eigenvalue weighted by Gasteiger charge is 2.28. The molecule has 0 spiro atoms. The smallest absolute Gasteiger partial charge is 0.228 e. The van der Waals surface area contributed by atoms with Gasteiger partial charge in [0.25, 0.3) is 0 Å². The monoisotopic (exact) mass is 224 g/mol. The van der Waals surface area contributed by atoms with Crippen LogP contribution >= 0.6 is 11.6 Å². The molecule has 2 N–H and O–H groups in total. The third-order valence-corrected chi connectivity index (χ3v) is 3.03. The molecule has 1 unspecified atom stereocenters. The Morgan fingerprint density at radius 2 is 2.27 bits per heavy atom. The summed E-state index contributed by atoms with van der Waals surface area (Å²) in [6, 6.07) is 5.57. The molecule has 2 rings (SSSR count). The van der Waals surface area contributed by atoms with E-state index in [4.69, 9.17) is 17.3 Å². The molecule has 1 atom stereocenters. The van der Waals surface area contributed by atoms with Gasteiger partial charge in [0, 0.05) is 29.7 Å². The Balaban J connectivity index is 2.30. The maximum atomic E-state index is 11.6. The first kappa shape index (κ1) is 10.5. The molecule has 0 radical (unpaired) electrons. The zero-order valence-electron chi connectivity index (χ0n) is 8.53. The van der Waals surface area contributed by atoms with Gasteiger partial charge in [0.15, 0.2) is 0 Å². The van der Waals surface area contributed by atoms with Gasteiger partial charge in [-0.05, 0) is 24.6 Å². The van der Waals surface area contributed by atoms with E-state index < -0.39 is 0 Å². The number of carbonyl (C=O) groups excluding carboxylic acids is 1. The number of anilines is 1. The zero-order valence-corrected chi connectivity index (χ0v) is 9.29. The fourth-order valence-corrected chi connectivity index (χ4v) is 1.91. The van der Waals surface area contributed by atoms with Gasteiger partial charge in [-0.25, -0.2) is 0 Å². The number of benzene rings is 1. The number of halogens is 1. The molecule has 15 heavy (non-hydrogen) atoms. The van der Waals surface area contributed by atoms with Gasteiger partial charge in [-0.2, -0.15) is 0 Å². The SMILES string of the molecule is Cc1ccc(N2CC(N)CC2=O)cc1Cl. The van der Waals surface area contributed by atoms with Crippen molar-refractivity contribution >= 4 is 23.2 Å². The van der Waals surface area contributed by atoms with Crippen LogP contribution in [0.25, 0.3) is 0 Å². The van der Waals surface area contributed by atoms with E-state index in [-0.39, 0.29) is 11.9 Å². The van der Waals surface area contributed by atoms with Crippen LogP contribution in [0.3, 0.4) is 0 Å². The fourth-order valence-electron chi connectivity index (χ4n) is 1.73. The van der Waals surface area contributed by atoms with Crippen molar-refractivity contribution in [1.29, 1.82) is 0 Å². The van der Waals surface area contributed by atoms with Gasteiger partial charge in [-0.3, -0.25) is 4.79 Å². The summed E-state index contributed by atoms with van der Waals surface area (Å²) in [5.41, 5.74) is 7.57. The van der Waals surface area contributed by atoms with E-state index in [1.54, 1.807) is 4.90 Å². The Kier molecular flexibility index (Phi) is 2.67. The van der Waals surface area contributed by atoms with Crippen molar-refractivity contribution in [3.8, 4) is 0 Å². The van der Waals surface area contributed by atoms with Crippen LogP contribution in [0, 0.1) is 6.92 Å². The minimum absolute atomic E-state index is 0.0578. The maximum Gasteiger partial charge on any atom is 0.228 e. The summed E-state index contributed by atoms with van der Waals surface area (Å²) in [6.07, 6.45) is 0.422. The summed E-state index contributed by atoms with van der Waals surface area (Å²) in [7, 11) is 0. The third kappa shape index (κ3) is 1.98. The van der Waals surface area contributed by atoms with Crippen LogP contribution in [0.4, 0.5) is 5.69 Å². The summed E-state index contributed by atoms with van der Waals surface area (Å²) in [4.78, 5) is 13.3. The molecule has 1 aliphatic rings. The van der Waals surface area contributed by atoms with E-state index in [0.29, 0.717) is 18.0 Å². The molecule has 80 valence electrons. The summed E-state index contributed by atoms with van der Waals surface area (Å²) in [6.45, 7) is 2.52. The molecule has 0 saturated carbocycles. The summed E-state index contributed by atoms with van der Waals surface area (Å²) in [5, 5.41) is 0.681. The standard InChI is InChI=1S/C11H13ClN2O/c1-7-2-3-9(5-10(7)12)14-6-8(13)4-11(14)15/h2-3,5,8H,4,6,13H2,1H3. The predicted octanol–water partition coefficient (Wildman–Crippen LogP) is 1.71. The third-order valence-electron chi connectivity index (χ3n) is 2.62. The van der Waals surface area contributed by atoms with Gasteiger partial charge in [0.1, 0.15) is 0 Å². The van der Waals surface area contributed by atoms with Gasteiger partial charge in [-0.15, -0.1) is 0 Å². The molecule has 1 heterocycles. The number of aryl methyl sites for hydroxylation is 1. The average Bonchev–Trinajstić information content (AvgIpc) is 2.50. The first-order valence-corrected chi connectivity index (χ1v) is 5.28. The van der Waals surface area contributed by atoms with Gasteiger partial charge >= 0.3 is 0 Å². The second kappa shape index (κ2) is 3.83. The summed E-state index contributed by atoms with van der Waals surface area (Å²) in [5.74, 6) is 0.0717. The molecule has 1 aromatic carbocycles. The average molecular weight is 225 g/mol. The molecule has 1 fully saturated rings. The number of rotatable bonds is 1. The van der Waals surface area contributed by atoms with Crippen LogP contribution in [0.15, 0.2) is 18.2 Å². The molecule has 1 saturated heterocycles. The minimum atomic E-state index is -0.0578. The number of hydrogen-bond donors (Lipinski definition) is 1. The number of amides is 1. The lowest BCUT2D eigenvalue weighted by molar-refractivity contribution is -0.117. The second-order valence-corrected chi connectivity index (χ2v) is 4.31. The number of hydrogen-bond acceptors (Lipinski definition) is 2. The fraction of sp³-hybridized carbons (Fsp3) is 0.364. The van der Waals surface area contributed by atoms with Crippen molar-refractivity contribution in [2.24, 2.45) is 5.73 Å². The predicted molar refractivity (Wildman–Crippen MR) is 61.1 cm³/mol. The highest BCUT2D eigenvalue weighted by Crippen LogP contribution is 2.26. The van der Waals surface area contributed by atoms with E-state index in [2.05, 4.69) is 0 Å². The largest absolute Gasteiger partial charge is 0.326 e. The first-order chi connectivity index (χ1) is 7.08. The van der Waals surface area contributed by atoms with Crippen molar-refractivity contribution in [3.63, 3.8) is 0 Å².